The zero-order valence-electron chi connectivity index (χ0n) is 12.6. The maximum absolute atomic E-state index is 6.38. The fourth-order valence-corrected chi connectivity index (χ4v) is 2.60. The van der Waals surface area contributed by atoms with Gasteiger partial charge in [-0.1, -0.05) is 39.0 Å². The maximum Gasteiger partial charge on any atom is 0.250 e. The van der Waals surface area contributed by atoms with Crippen molar-refractivity contribution in [1.82, 2.24) is 0 Å². The molecule has 0 spiro atoms. The minimum Gasteiger partial charge on any atom is -0.543 e. The molecule has 0 aliphatic rings. The molecule has 1 unspecified atom stereocenters. The second-order valence-corrected chi connectivity index (χ2v) is 11.4. The molecule has 0 bridgehead atoms. The molecule has 0 aromatic heterocycles. The summed E-state index contributed by atoms with van der Waals surface area (Å²) in [7, 11) is -1.77. The van der Waals surface area contributed by atoms with Gasteiger partial charge in [0.15, 0.2) is 0 Å². The second kappa shape index (κ2) is 5.45. The fourth-order valence-electron chi connectivity index (χ4n) is 1.55. The van der Waals surface area contributed by atoms with Gasteiger partial charge in [-0.25, -0.2) is 0 Å². The molecule has 3 heteroatoms. The van der Waals surface area contributed by atoms with Crippen molar-refractivity contribution in [2.75, 3.05) is 0 Å². The van der Waals surface area contributed by atoms with Crippen LogP contribution >= 0.6 is 0 Å². The van der Waals surface area contributed by atoms with Gasteiger partial charge in [0.05, 0.1) is 0 Å². The van der Waals surface area contributed by atoms with Crippen LogP contribution in [0.5, 0.6) is 5.75 Å². The molecule has 2 N–H and O–H groups in total. The van der Waals surface area contributed by atoms with Crippen LogP contribution in [0.2, 0.25) is 18.1 Å². The van der Waals surface area contributed by atoms with E-state index in [9.17, 15) is 0 Å². The molecular formula is C15H27NOSi. The standard InChI is InChI=1S/C15H27NOSi/c1-12(16)11-13-9-7-8-10-14(13)17-18(5,6)15(2,3)4/h7-10,12H,11,16H2,1-6H3. The number of rotatable bonds is 4. The highest BCUT2D eigenvalue weighted by Gasteiger charge is 2.39. The number of hydrogen-bond donors (Lipinski definition) is 1. The topological polar surface area (TPSA) is 35.2 Å². The molecule has 1 aromatic carbocycles. The van der Waals surface area contributed by atoms with Gasteiger partial charge in [0.25, 0.3) is 0 Å². The fraction of sp³-hybridized carbons (Fsp3) is 0.600. The Kier molecular flexibility index (Phi) is 4.62. The first-order chi connectivity index (χ1) is 8.13. The van der Waals surface area contributed by atoms with Crippen LogP contribution in [0.15, 0.2) is 24.3 Å². The van der Waals surface area contributed by atoms with E-state index in [1.807, 2.05) is 13.0 Å². The van der Waals surface area contributed by atoms with Crippen molar-refractivity contribution >= 4 is 8.32 Å². The second-order valence-electron chi connectivity index (χ2n) is 6.65. The molecule has 0 saturated heterocycles. The lowest BCUT2D eigenvalue weighted by molar-refractivity contribution is 0.485. The van der Waals surface area contributed by atoms with Crippen molar-refractivity contribution in [3.63, 3.8) is 0 Å². The summed E-state index contributed by atoms with van der Waals surface area (Å²) in [6, 6.07) is 8.43. The monoisotopic (exact) mass is 265 g/mol. The van der Waals surface area contributed by atoms with Gasteiger partial charge in [-0.05, 0) is 43.1 Å². The average molecular weight is 265 g/mol. The lowest BCUT2D eigenvalue weighted by Gasteiger charge is -2.37. The SMILES string of the molecule is CC(N)Cc1ccccc1O[Si](C)(C)C(C)(C)C. The minimum absolute atomic E-state index is 0.161. The van der Waals surface area contributed by atoms with Crippen molar-refractivity contribution in [3.05, 3.63) is 29.8 Å². The molecule has 1 rings (SSSR count). The first-order valence-corrected chi connectivity index (χ1v) is 9.57. The molecule has 0 fully saturated rings. The summed E-state index contributed by atoms with van der Waals surface area (Å²) in [6.45, 7) is 13.3. The van der Waals surface area contributed by atoms with E-state index in [-0.39, 0.29) is 11.1 Å². The zero-order chi connectivity index (χ0) is 14.0. The Bertz CT molecular complexity index is 394. The summed E-state index contributed by atoms with van der Waals surface area (Å²) >= 11 is 0. The molecule has 1 atom stereocenters. The van der Waals surface area contributed by atoms with Gasteiger partial charge in [-0.15, -0.1) is 0 Å². The molecule has 2 nitrogen and oxygen atoms in total. The van der Waals surface area contributed by atoms with E-state index in [4.69, 9.17) is 10.2 Å². The molecule has 0 saturated carbocycles. The molecule has 0 amide bonds. The van der Waals surface area contributed by atoms with E-state index in [1.54, 1.807) is 0 Å². The predicted octanol–water partition coefficient (Wildman–Crippen LogP) is 3.96. The van der Waals surface area contributed by atoms with E-state index in [0.717, 1.165) is 12.2 Å². The molecule has 0 heterocycles. The molecule has 0 radical (unpaired) electrons. The Morgan fingerprint density at radius 3 is 2.28 bits per heavy atom. The van der Waals surface area contributed by atoms with Crippen molar-refractivity contribution in [2.45, 2.75) is 58.3 Å². The number of hydrogen-bond acceptors (Lipinski definition) is 2. The Labute approximate surface area is 113 Å². The highest BCUT2D eigenvalue weighted by molar-refractivity contribution is 6.74. The largest absolute Gasteiger partial charge is 0.543 e. The third kappa shape index (κ3) is 3.85. The highest BCUT2D eigenvalue weighted by atomic mass is 28.4. The van der Waals surface area contributed by atoms with Gasteiger partial charge in [0.1, 0.15) is 5.75 Å². The lowest BCUT2D eigenvalue weighted by Crippen LogP contribution is -2.44. The van der Waals surface area contributed by atoms with Gasteiger partial charge in [0, 0.05) is 6.04 Å². The molecule has 0 aliphatic carbocycles. The van der Waals surface area contributed by atoms with Crippen LogP contribution in [-0.2, 0) is 6.42 Å². The minimum atomic E-state index is -1.77. The number of para-hydroxylation sites is 1. The predicted molar refractivity (Wildman–Crippen MR) is 81.6 cm³/mol. The van der Waals surface area contributed by atoms with Gasteiger partial charge in [-0.2, -0.15) is 0 Å². The molecule has 0 aliphatic heterocycles. The van der Waals surface area contributed by atoms with Crippen molar-refractivity contribution < 1.29 is 4.43 Å². The summed E-state index contributed by atoms with van der Waals surface area (Å²) in [5, 5.41) is 0.217. The summed E-state index contributed by atoms with van der Waals surface area (Å²) in [6.07, 6.45) is 0.866. The Morgan fingerprint density at radius 2 is 1.78 bits per heavy atom. The lowest BCUT2D eigenvalue weighted by atomic mass is 10.1. The zero-order valence-corrected chi connectivity index (χ0v) is 13.6. The first-order valence-electron chi connectivity index (χ1n) is 6.66. The Hall–Kier alpha value is -0.803. The van der Waals surface area contributed by atoms with Crippen LogP contribution in [0, 0.1) is 0 Å². The van der Waals surface area contributed by atoms with E-state index >= 15 is 0 Å². The van der Waals surface area contributed by atoms with E-state index in [0.29, 0.717) is 0 Å². The number of benzene rings is 1. The summed E-state index contributed by atoms with van der Waals surface area (Å²) < 4.78 is 6.38. The van der Waals surface area contributed by atoms with Gasteiger partial charge in [0.2, 0.25) is 8.32 Å². The normalized spacial score (nSPS) is 14.4. The van der Waals surface area contributed by atoms with Crippen LogP contribution in [0.4, 0.5) is 0 Å². The molecule has 102 valence electrons. The smallest absolute Gasteiger partial charge is 0.250 e. The molecular weight excluding hydrogens is 238 g/mol. The highest BCUT2D eigenvalue weighted by Crippen LogP contribution is 2.38. The Balaban J connectivity index is 2.97. The quantitative estimate of drug-likeness (QED) is 0.836. The third-order valence-electron chi connectivity index (χ3n) is 3.69. The molecule has 1 aromatic rings. The summed E-state index contributed by atoms with van der Waals surface area (Å²) in [4.78, 5) is 0. The average Bonchev–Trinajstić information content (AvgIpc) is 2.18. The third-order valence-corrected chi connectivity index (χ3v) is 8.03. The van der Waals surface area contributed by atoms with E-state index in [2.05, 4.69) is 52.1 Å². The van der Waals surface area contributed by atoms with Gasteiger partial charge >= 0.3 is 0 Å². The number of nitrogens with two attached hydrogens (primary N) is 1. The van der Waals surface area contributed by atoms with Crippen molar-refractivity contribution in [1.29, 1.82) is 0 Å². The van der Waals surface area contributed by atoms with Gasteiger partial charge in [-0.3, -0.25) is 0 Å². The molecule has 18 heavy (non-hydrogen) atoms. The summed E-state index contributed by atoms with van der Waals surface area (Å²) in [5.74, 6) is 1.02. The van der Waals surface area contributed by atoms with Gasteiger partial charge < -0.3 is 10.2 Å². The van der Waals surface area contributed by atoms with Crippen LogP contribution < -0.4 is 10.2 Å². The van der Waals surface area contributed by atoms with Crippen LogP contribution in [0.3, 0.4) is 0 Å². The van der Waals surface area contributed by atoms with Crippen LogP contribution in [-0.4, -0.2) is 14.4 Å². The first kappa shape index (κ1) is 15.3. The Morgan fingerprint density at radius 1 is 1.22 bits per heavy atom. The van der Waals surface area contributed by atoms with Crippen molar-refractivity contribution in [3.8, 4) is 5.75 Å². The van der Waals surface area contributed by atoms with E-state index < -0.39 is 8.32 Å². The van der Waals surface area contributed by atoms with Crippen molar-refractivity contribution in [2.24, 2.45) is 5.73 Å². The van der Waals surface area contributed by atoms with E-state index in [1.165, 1.54) is 5.56 Å². The summed E-state index contributed by atoms with van der Waals surface area (Å²) in [5.41, 5.74) is 7.12. The maximum atomic E-state index is 6.38. The van der Waals surface area contributed by atoms with Crippen LogP contribution in [0.25, 0.3) is 0 Å². The van der Waals surface area contributed by atoms with Crippen LogP contribution in [0.1, 0.15) is 33.3 Å².